The number of hydrogen-bond acceptors (Lipinski definition) is 3. The third-order valence-electron chi connectivity index (χ3n) is 2.54. The fourth-order valence-corrected chi connectivity index (χ4v) is 1.35. The van der Waals surface area contributed by atoms with Gasteiger partial charge in [-0.05, 0) is 34.6 Å². The van der Waals surface area contributed by atoms with E-state index in [2.05, 4.69) is 31.2 Å². The molecule has 4 heteroatoms. The zero-order valence-electron chi connectivity index (χ0n) is 10.9. The number of nitrogens with one attached hydrogen (secondary N) is 1. The summed E-state index contributed by atoms with van der Waals surface area (Å²) >= 11 is 0. The van der Waals surface area contributed by atoms with E-state index in [0.717, 1.165) is 12.1 Å². The lowest BCUT2D eigenvalue weighted by molar-refractivity contribution is 0.0501. The van der Waals surface area contributed by atoms with Crippen molar-refractivity contribution in [2.45, 2.75) is 52.3 Å². The van der Waals surface area contributed by atoms with E-state index in [1.807, 2.05) is 24.7 Å². The molecule has 2 N–H and O–H groups in total. The highest BCUT2D eigenvalue weighted by Crippen LogP contribution is 2.19. The molecule has 1 unspecified atom stereocenters. The first kappa shape index (κ1) is 13.2. The van der Waals surface area contributed by atoms with E-state index in [4.69, 9.17) is 0 Å². The van der Waals surface area contributed by atoms with E-state index in [1.54, 1.807) is 6.20 Å². The molecule has 0 aromatic carbocycles. The molecule has 1 atom stereocenters. The molecule has 92 valence electrons. The molecule has 4 nitrogen and oxygen atoms in total. The summed E-state index contributed by atoms with van der Waals surface area (Å²) in [7, 11) is 0. The van der Waals surface area contributed by atoms with Gasteiger partial charge in [-0.15, -0.1) is 0 Å². The summed E-state index contributed by atoms with van der Waals surface area (Å²) in [6.45, 7) is 11.4. The van der Waals surface area contributed by atoms with Gasteiger partial charge in [0.1, 0.15) is 5.60 Å². The van der Waals surface area contributed by atoms with Crippen LogP contribution in [0.4, 0.5) is 0 Å². The van der Waals surface area contributed by atoms with Crippen LogP contribution < -0.4 is 5.32 Å². The number of rotatable bonds is 4. The van der Waals surface area contributed by atoms with Crippen LogP contribution in [0.5, 0.6) is 0 Å². The Morgan fingerprint density at radius 1 is 1.38 bits per heavy atom. The van der Waals surface area contributed by atoms with Crippen molar-refractivity contribution in [3.8, 4) is 0 Å². The van der Waals surface area contributed by atoms with Crippen LogP contribution in [-0.2, 0) is 12.1 Å². The van der Waals surface area contributed by atoms with Gasteiger partial charge >= 0.3 is 0 Å². The Balaban J connectivity index is 2.69. The molecular weight excluding hydrogens is 202 g/mol. The Morgan fingerprint density at radius 3 is 2.44 bits per heavy atom. The molecule has 1 rings (SSSR count). The minimum Gasteiger partial charge on any atom is -0.384 e. The molecule has 0 aliphatic heterocycles. The third-order valence-corrected chi connectivity index (χ3v) is 2.54. The number of aliphatic hydroxyl groups is 1. The van der Waals surface area contributed by atoms with Crippen LogP contribution in [0.1, 0.15) is 40.2 Å². The SMILES string of the molecule is CCn1cc(C(C)(O)CNC(C)(C)C)cn1. The van der Waals surface area contributed by atoms with Gasteiger partial charge in [-0.25, -0.2) is 0 Å². The van der Waals surface area contributed by atoms with Crippen molar-refractivity contribution in [2.75, 3.05) is 6.54 Å². The minimum atomic E-state index is -0.874. The van der Waals surface area contributed by atoms with Crippen LogP contribution in [-0.4, -0.2) is 27.0 Å². The second-order valence-corrected chi connectivity index (χ2v) is 5.46. The summed E-state index contributed by atoms with van der Waals surface area (Å²) in [5.41, 5.74) is -0.0167. The average molecular weight is 225 g/mol. The fraction of sp³-hybridized carbons (Fsp3) is 0.750. The molecule has 1 heterocycles. The van der Waals surface area contributed by atoms with E-state index in [-0.39, 0.29) is 5.54 Å². The first-order valence-corrected chi connectivity index (χ1v) is 5.75. The first-order valence-electron chi connectivity index (χ1n) is 5.75. The van der Waals surface area contributed by atoms with Crippen LogP contribution >= 0.6 is 0 Å². The normalized spacial score (nSPS) is 16.1. The summed E-state index contributed by atoms with van der Waals surface area (Å²) < 4.78 is 1.82. The number of nitrogens with zero attached hydrogens (tertiary/aromatic N) is 2. The topological polar surface area (TPSA) is 50.1 Å². The highest BCUT2D eigenvalue weighted by Gasteiger charge is 2.26. The largest absolute Gasteiger partial charge is 0.384 e. The van der Waals surface area contributed by atoms with Crippen molar-refractivity contribution in [1.82, 2.24) is 15.1 Å². The molecule has 0 aliphatic rings. The standard InChI is InChI=1S/C12H23N3O/c1-6-15-8-10(7-14-15)12(5,16)9-13-11(2,3)4/h7-8,13,16H,6,9H2,1-5H3. The van der Waals surface area contributed by atoms with Gasteiger partial charge < -0.3 is 10.4 Å². The lowest BCUT2D eigenvalue weighted by Crippen LogP contribution is -2.44. The van der Waals surface area contributed by atoms with Crippen LogP contribution in [0, 0.1) is 0 Å². The molecule has 0 fully saturated rings. The third kappa shape index (κ3) is 3.61. The molecule has 0 spiro atoms. The second-order valence-electron chi connectivity index (χ2n) is 5.46. The summed E-state index contributed by atoms with van der Waals surface area (Å²) in [4.78, 5) is 0. The van der Waals surface area contributed by atoms with Gasteiger partial charge in [0, 0.05) is 30.4 Å². The van der Waals surface area contributed by atoms with Gasteiger partial charge in [0.25, 0.3) is 0 Å². The Morgan fingerprint density at radius 2 is 2.00 bits per heavy atom. The van der Waals surface area contributed by atoms with Gasteiger partial charge in [0.2, 0.25) is 0 Å². The summed E-state index contributed by atoms with van der Waals surface area (Å²) in [6.07, 6.45) is 3.62. The quantitative estimate of drug-likeness (QED) is 0.816. The average Bonchev–Trinajstić information content (AvgIpc) is 2.62. The molecule has 0 saturated carbocycles. The molecule has 1 aromatic heterocycles. The molecule has 0 radical (unpaired) electrons. The van der Waals surface area contributed by atoms with Crippen molar-refractivity contribution in [3.63, 3.8) is 0 Å². The Labute approximate surface area is 97.7 Å². The predicted molar refractivity (Wildman–Crippen MR) is 65.2 cm³/mol. The first-order chi connectivity index (χ1) is 7.24. The lowest BCUT2D eigenvalue weighted by Gasteiger charge is -2.28. The second kappa shape index (κ2) is 4.55. The van der Waals surface area contributed by atoms with Gasteiger partial charge in [-0.1, -0.05) is 0 Å². The molecule has 0 aliphatic carbocycles. The van der Waals surface area contributed by atoms with Crippen molar-refractivity contribution in [1.29, 1.82) is 0 Å². The van der Waals surface area contributed by atoms with E-state index in [0.29, 0.717) is 6.54 Å². The van der Waals surface area contributed by atoms with E-state index in [1.165, 1.54) is 0 Å². The minimum absolute atomic E-state index is 0.00470. The van der Waals surface area contributed by atoms with Crippen LogP contribution in [0.25, 0.3) is 0 Å². The Hall–Kier alpha value is -0.870. The molecule has 1 aromatic rings. The monoisotopic (exact) mass is 225 g/mol. The zero-order valence-corrected chi connectivity index (χ0v) is 10.9. The Bertz CT molecular complexity index is 336. The van der Waals surface area contributed by atoms with Crippen molar-refractivity contribution in [2.24, 2.45) is 0 Å². The number of aryl methyl sites for hydroxylation is 1. The van der Waals surface area contributed by atoms with Crippen LogP contribution in [0.2, 0.25) is 0 Å². The fourth-order valence-electron chi connectivity index (χ4n) is 1.35. The number of aromatic nitrogens is 2. The van der Waals surface area contributed by atoms with Crippen LogP contribution in [0.15, 0.2) is 12.4 Å². The number of β-amino-alcohol motifs (C(OH)–C–C–N with tert-alkyl or cyclic N) is 1. The smallest absolute Gasteiger partial charge is 0.102 e. The van der Waals surface area contributed by atoms with Crippen molar-refractivity contribution < 1.29 is 5.11 Å². The van der Waals surface area contributed by atoms with Gasteiger partial charge in [-0.2, -0.15) is 5.10 Å². The predicted octanol–water partition coefficient (Wildman–Crippen LogP) is 1.50. The highest BCUT2D eigenvalue weighted by atomic mass is 16.3. The van der Waals surface area contributed by atoms with Gasteiger partial charge in [-0.3, -0.25) is 4.68 Å². The zero-order chi connectivity index (χ0) is 12.4. The molecule has 0 saturated heterocycles. The summed E-state index contributed by atoms with van der Waals surface area (Å²) in [5, 5.41) is 17.8. The van der Waals surface area contributed by atoms with E-state index < -0.39 is 5.60 Å². The molecule has 16 heavy (non-hydrogen) atoms. The summed E-state index contributed by atoms with van der Waals surface area (Å²) in [6, 6.07) is 0. The Kier molecular flexibility index (Phi) is 3.76. The van der Waals surface area contributed by atoms with Gasteiger partial charge in [0.15, 0.2) is 0 Å². The lowest BCUT2D eigenvalue weighted by atomic mass is 9.98. The van der Waals surface area contributed by atoms with Crippen molar-refractivity contribution in [3.05, 3.63) is 18.0 Å². The van der Waals surface area contributed by atoms with Crippen molar-refractivity contribution >= 4 is 0 Å². The molecule has 0 amide bonds. The van der Waals surface area contributed by atoms with E-state index >= 15 is 0 Å². The maximum atomic E-state index is 10.3. The number of hydrogen-bond donors (Lipinski definition) is 2. The van der Waals surface area contributed by atoms with Gasteiger partial charge in [0.05, 0.1) is 6.20 Å². The van der Waals surface area contributed by atoms with E-state index in [9.17, 15) is 5.11 Å². The summed E-state index contributed by atoms with van der Waals surface area (Å²) in [5.74, 6) is 0. The molecular formula is C12H23N3O. The maximum absolute atomic E-state index is 10.3. The highest BCUT2D eigenvalue weighted by molar-refractivity contribution is 5.14. The van der Waals surface area contributed by atoms with Crippen LogP contribution in [0.3, 0.4) is 0 Å². The maximum Gasteiger partial charge on any atom is 0.102 e. The molecule has 0 bridgehead atoms.